The molecule has 0 fully saturated rings. The predicted octanol–water partition coefficient (Wildman–Crippen LogP) is 5.52. The smallest absolute Gasteiger partial charge is 0.328 e. The minimum absolute atomic E-state index is 0.717. The van der Waals surface area contributed by atoms with Gasteiger partial charge in [0.15, 0.2) is 5.13 Å². The highest BCUT2D eigenvalue weighted by Gasteiger charge is 2.12. The molecule has 0 aliphatic carbocycles. The molecule has 0 saturated carbocycles. The molecule has 3 aromatic heterocycles. The summed E-state index contributed by atoms with van der Waals surface area (Å²) in [6.45, 7) is 2.02. The molecule has 3 heterocycles. The number of carboxylic acid groups (broad SMARTS) is 1. The van der Waals surface area contributed by atoms with E-state index in [4.69, 9.17) is 10.1 Å². The molecule has 0 saturated heterocycles. The van der Waals surface area contributed by atoms with E-state index in [-0.39, 0.29) is 0 Å². The Morgan fingerprint density at radius 2 is 1.91 bits per heavy atom. The summed E-state index contributed by atoms with van der Waals surface area (Å²) in [6.07, 6.45) is 6.27. The number of hydrogen-bond acceptors (Lipinski definition) is 7. The van der Waals surface area contributed by atoms with Gasteiger partial charge in [0.05, 0.1) is 10.6 Å². The van der Waals surface area contributed by atoms with Crippen molar-refractivity contribution >= 4 is 45.8 Å². The minimum atomic E-state index is -0.968. The summed E-state index contributed by atoms with van der Waals surface area (Å²) >= 11 is 1.54. The molecule has 0 bridgehead atoms. The number of aromatic nitrogens is 3. The van der Waals surface area contributed by atoms with E-state index in [0.29, 0.717) is 5.82 Å². The van der Waals surface area contributed by atoms with E-state index in [0.717, 1.165) is 44.4 Å². The van der Waals surface area contributed by atoms with Crippen molar-refractivity contribution in [2.45, 2.75) is 6.92 Å². The number of aryl methyl sites for hydroxylation is 1. The third kappa shape index (κ3) is 5.16. The van der Waals surface area contributed by atoms with Crippen LogP contribution in [0.25, 0.3) is 16.6 Å². The van der Waals surface area contributed by atoms with Gasteiger partial charge in [0.25, 0.3) is 0 Å². The van der Waals surface area contributed by atoms with Crippen LogP contribution in [0.5, 0.6) is 0 Å². The number of pyridine rings is 2. The number of carboxylic acids is 1. The van der Waals surface area contributed by atoms with Crippen molar-refractivity contribution in [2.24, 2.45) is 0 Å². The van der Waals surface area contributed by atoms with Crippen molar-refractivity contribution in [3.05, 3.63) is 84.2 Å². The number of anilines is 4. The predicted molar refractivity (Wildman–Crippen MR) is 129 cm³/mol. The molecule has 0 aliphatic rings. The summed E-state index contributed by atoms with van der Waals surface area (Å²) < 4.78 is 0. The maximum Gasteiger partial charge on any atom is 0.328 e. The van der Waals surface area contributed by atoms with Crippen molar-refractivity contribution in [2.75, 3.05) is 17.3 Å². The number of thiazole rings is 1. The summed E-state index contributed by atoms with van der Waals surface area (Å²) in [6, 6.07) is 17.3. The van der Waals surface area contributed by atoms with Gasteiger partial charge in [-0.05, 0) is 60.5 Å². The molecule has 8 heteroatoms. The second kappa shape index (κ2) is 9.40. The summed E-state index contributed by atoms with van der Waals surface area (Å²) in [5.74, 6) is 0.500. The van der Waals surface area contributed by atoms with Crippen LogP contribution in [0.2, 0.25) is 0 Å². The molecule has 7 nitrogen and oxygen atoms in total. The maximum atomic E-state index is 10.7. The summed E-state index contributed by atoms with van der Waals surface area (Å²) in [7, 11) is 1.94. The first-order valence-electron chi connectivity index (χ1n) is 9.86. The Morgan fingerprint density at radius 1 is 1.09 bits per heavy atom. The highest BCUT2D eigenvalue weighted by molar-refractivity contribution is 7.18. The van der Waals surface area contributed by atoms with Crippen LogP contribution in [-0.4, -0.2) is 33.1 Å². The molecule has 0 unspecified atom stereocenters. The van der Waals surface area contributed by atoms with Crippen molar-refractivity contribution in [1.29, 1.82) is 0 Å². The number of hydrogen-bond donors (Lipinski definition) is 2. The zero-order valence-electron chi connectivity index (χ0n) is 17.6. The van der Waals surface area contributed by atoms with Gasteiger partial charge in [-0.15, -0.1) is 0 Å². The van der Waals surface area contributed by atoms with E-state index < -0.39 is 5.97 Å². The SMILES string of the molecule is Cc1ccnc(Nc2cccc(-c3cnc(N(C)c4ccc(/C=C/C(=O)O)cc4)s3)n2)c1. The van der Waals surface area contributed by atoms with Crippen LogP contribution in [0.4, 0.5) is 22.5 Å². The Balaban J connectivity index is 1.50. The van der Waals surface area contributed by atoms with Gasteiger partial charge in [-0.1, -0.05) is 29.5 Å². The Kier molecular flexibility index (Phi) is 6.23. The molecule has 2 N–H and O–H groups in total. The number of carbonyl (C=O) groups is 1. The first kappa shape index (κ1) is 21.2. The van der Waals surface area contributed by atoms with Crippen molar-refractivity contribution < 1.29 is 9.90 Å². The van der Waals surface area contributed by atoms with E-state index >= 15 is 0 Å². The molecule has 0 spiro atoms. The fourth-order valence-corrected chi connectivity index (χ4v) is 3.87. The van der Waals surface area contributed by atoms with Gasteiger partial charge in [0.1, 0.15) is 11.6 Å². The molecule has 32 heavy (non-hydrogen) atoms. The Bertz CT molecular complexity index is 1270. The van der Waals surface area contributed by atoms with Crippen molar-refractivity contribution in [1.82, 2.24) is 15.0 Å². The third-order valence-corrected chi connectivity index (χ3v) is 5.75. The van der Waals surface area contributed by atoms with Gasteiger partial charge >= 0.3 is 5.97 Å². The van der Waals surface area contributed by atoms with Crippen LogP contribution in [-0.2, 0) is 4.79 Å². The second-order valence-corrected chi connectivity index (χ2v) is 8.09. The van der Waals surface area contributed by atoms with E-state index in [1.165, 1.54) is 0 Å². The molecule has 1 aromatic carbocycles. The molecule has 0 atom stereocenters. The molecule has 4 aromatic rings. The van der Waals surface area contributed by atoms with Gasteiger partial charge in [-0.3, -0.25) is 0 Å². The van der Waals surface area contributed by atoms with Crippen LogP contribution >= 0.6 is 11.3 Å². The third-order valence-electron chi connectivity index (χ3n) is 4.65. The van der Waals surface area contributed by atoms with Crippen LogP contribution < -0.4 is 10.2 Å². The molecule has 160 valence electrons. The summed E-state index contributed by atoms with van der Waals surface area (Å²) in [5.41, 5.74) is 3.72. The average molecular weight is 444 g/mol. The molecule has 0 radical (unpaired) electrons. The zero-order chi connectivity index (χ0) is 22.5. The number of benzene rings is 1. The largest absolute Gasteiger partial charge is 0.478 e. The van der Waals surface area contributed by atoms with E-state index in [2.05, 4.69) is 15.3 Å². The lowest BCUT2D eigenvalue weighted by molar-refractivity contribution is -0.131. The number of rotatable bonds is 7. The number of aliphatic carboxylic acids is 1. The van der Waals surface area contributed by atoms with Crippen LogP contribution in [0.15, 0.2) is 73.1 Å². The van der Waals surface area contributed by atoms with E-state index in [1.54, 1.807) is 23.6 Å². The van der Waals surface area contributed by atoms with Crippen LogP contribution in [0, 0.1) is 6.92 Å². The van der Waals surface area contributed by atoms with Crippen LogP contribution in [0.3, 0.4) is 0 Å². The normalized spacial score (nSPS) is 10.9. The molecular weight excluding hydrogens is 422 g/mol. The molecule has 4 rings (SSSR count). The Labute approximate surface area is 189 Å². The maximum absolute atomic E-state index is 10.7. The second-order valence-electron chi connectivity index (χ2n) is 7.08. The van der Waals surface area contributed by atoms with Crippen molar-refractivity contribution in [3.63, 3.8) is 0 Å². The van der Waals surface area contributed by atoms with Gasteiger partial charge in [-0.25, -0.2) is 19.7 Å². The van der Waals surface area contributed by atoms with Crippen molar-refractivity contribution in [3.8, 4) is 10.6 Å². The molecular formula is C24H21N5O2S. The summed E-state index contributed by atoms with van der Waals surface area (Å²) in [4.78, 5) is 27.2. The average Bonchev–Trinajstić information content (AvgIpc) is 3.28. The van der Waals surface area contributed by atoms with Gasteiger partial charge in [-0.2, -0.15) is 0 Å². The fraction of sp³-hybridized carbons (Fsp3) is 0.0833. The molecule has 0 amide bonds. The lowest BCUT2D eigenvalue weighted by Gasteiger charge is -2.15. The fourth-order valence-electron chi connectivity index (χ4n) is 3.00. The van der Waals surface area contributed by atoms with Gasteiger partial charge in [0.2, 0.25) is 0 Å². The van der Waals surface area contributed by atoms with E-state index in [9.17, 15) is 4.79 Å². The lowest BCUT2D eigenvalue weighted by Crippen LogP contribution is -2.08. The number of nitrogens with one attached hydrogen (secondary N) is 1. The lowest BCUT2D eigenvalue weighted by atomic mass is 10.2. The Hall–Kier alpha value is -4.04. The first-order valence-corrected chi connectivity index (χ1v) is 10.7. The standard InChI is InChI=1S/C24H21N5O2S/c1-16-12-13-25-22(14-16)28-21-5-3-4-19(27-21)20-15-26-24(32-20)29(2)18-9-6-17(7-10-18)8-11-23(30)31/h3-15H,1-2H3,(H,30,31)(H,25,27,28)/b11-8+. The minimum Gasteiger partial charge on any atom is -0.478 e. The number of nitrogens with zero attached hydrogens (tertiary/aromatic N) is 4. The highest BCUT2D eigenvalue weighted by atomic mass is 32.1. The highest BCUT2D eigenvalue weighted by Crippen LogP contribution is 2.33. The first-order chi connectivity index (χ1) is 15.5. The van der Waals surface area contributed by atoms with Gasteiger partial charge < -0.3 is 15.3 Å². The van der Waals surface area contributed by atoms with Gasteiger partial charge in [0, 0.05) is 31.2 Å². The monoisotopic (exact) mass is 443 g/mol. The summed E-state index contributed by atoms with van der Waals surface area (Å²) in [5, 5.41) is 12.8. The topological polar surface area (TPSA) is 91.2 Å². The quantitative estimate of drug-likeness (QED) is 0.364. The molecule has 0 aliphatic heterocycles. The Morgan fingerprint density at radius 3 is 2.66 bits per heavy atom. The zero-order valence-corrected chi connectivity index (χ0v) is 18.4. The van der Waals surface area contributed by atoms with Crippen LogP contribution in [0.1, 0.15) is 11.1 Å². The van der Waals surface area contributed by atoms with E-state index in [1.807, 2.05) is 79.7 Å².